The highest BCUT2D eigenvalue weighted by molar-refractivity contribution is 5.13. The van der Waals surface area contributed by atoms with Crippen LogP contribution < -0.4 is 0 Å². The Kier molecular flexibility index (Phi) is 4.32. The van der Waals surface area contributed by atoms with Crippen molar-refractivity contribution in [3.05, 3.63) is 35.9 Å². The average Bonchev–Trinajstić information content (AvgIpc) is 2.85. The SMILES string of the molecule is C[C@@H](OCc1ccccc1)[C@H]1CC[C@]1(C)[C@H]1COC(C)(C)O1. The maximum atomic E-state index is 6.14. The highest BCUT2D eigenvalue weighted by Crippen LogP contribution is 2.54. The third-order valence-corrected chi connectivity index (χ3v) is 5.51. The predicted molar refractivity (Wildman–Crippen MR) is 86.4 cm³/mol. The van der Waals surface area contributed by atoms with Crippen LogP contribution in [-0.4, -0.2) is 24.6 Å². The molecular formula is C19H28O3. The van der Waals surface area contributed by atoms with Crippen LogP contribution in [-0.2, 0) is 20.8 Å². The molecule has 2 aliphatic rings. The summed E-state index contributed by atoms with van der Waals surface area (Å²) in [5.74, 6) is 0.0980. The van der Waals surface area contributed by atoms with Crippen LogP contribution in [0.5, 0.6) is 0 Å². The predicted octanol–water partition coefficient (Wildman–Crippen LogP) is 4.16. The Labute approximate surface area is 134 Å². The van der Waals surface area contributed by atoms with E-state index in [0.717, 1.165) is 0 Å². The molecule has 0 bridgehead atoms. The van der Waals surface area contributed by atoms with Gasteiger partial charge in [0.2, 0.25) is 0 Å². The largest absolute Gasteiger partial charge is 0.374 e. The van der Waals surface area contributed by atoms with Crippen LogP contribution >= 0.6 is 0 Å². The Morgan fingerprint density at radius 2 is 1.95 bits per heavy atom. The van der Waals surface area contributed by atoms with Crippen molar-refractivity contribution in [3.63, 3.8) is 0 Å². The first-order valence-electron chi connectivity index (χ1n) is 8.38. The van der Waals surface area contributed by atoms with E-state index in [2.05, 4.69) is 38.1 Å². The number of benzene rings is 1. The maximum Gasteiger partial charge on any atom is 0.163 e. The normalized spacial score (nSPS) is 35.1. The van der Waals surface area contributed by atoms with Crippen molar-refractivity contribution < 1.29 is 14.2 Å². The van der Waals surface area contributed by atoms with Gasteiger partial charge in [0.15, 0.2) is 5.79 Å². The van der Waals surface area contributed by atoms with Crippen LogP contribution in [0.25, 0.3) is 0 Å². The minimum atomic E-state index is -0.443. The summed E-state index contributed by atoms with van der Waals surface area (Å²) in [4.78, 5) is 0. The summed E-state index contributed by atoms with van der Waals surface area (Å²) in [6, 6.07) is 10.4. The monoisotopic (exact) mass is 304 g/mol. The standard InChI is InChI=1S/C19H28O3/c1-14(20-12-15-8-6-5-7-9-15)16-10-11-19(16,4)17-13-21-18(2,3)22-17/h5-9,14,16-17H,10-13H2,1-4H3/t14-,16-,17-,19+/m1/s1. The molecule has 0 spiro atoms. The summed E-state index contributed by atoms with van der Waals surface area (Å²) in [5.41, 5.74) is 1.40. The fourth-order valence-electron chi connectivity index (χ4n) is 3.87. The Balaban J connectivity index is 1.58. The van der Waals surface area contributed by atoms with E-state index >= 15 is 0 Å². The van der Waals surface area contributed by atoms with E-state index in [-0.39, 0.29) is 17.6 Å². The zero-order chi connectivity index (χ0) is 15.8. The molecule has 122 valence electrons. The van der Waals surface area contributed by atoms with Gasteiger partial charge in [-0.3, -0.25) is 0 Å². The lowest BCUT2D eigenvalue weighted by atomic mass is 9.56. The van der Waals surface area contributed by atoms with Gasteiger partial charge >= 0.3 is 0 Å². The van der Waals surface area contributed by atoms with Gasteiger partial charge in [0.1, 0.15) is 0 Å². The lowest BCUT2D eigenvalue weighted by molar-refractivity contribution is -0.187. The molecule has 1 aromatic rings. The molecule has 2 fully saturated rings. The van der Waals surface area contributed by atoms with Crippen molar-refractivity contribution in [2.24, 2.45) is 11.3 Å². The molecule has 22 heavy (non-hydrogen) atoms. The first-order chi connectivity index (χ1) is 10.4. The van der Waals surface area contributed by atoms with E-state index in [1.807, 2.05) is 19.9 Å². The second-order valence-electron chi connectivity index (χ2n) is 7.47. The number of hydrogen-bond acceptors (Lipinski definition) is 3. The maximum absolute atomic E-state index is 6.14. The quantitative estimate of drug-likeness (QED) is 0.817. The summed E-state index contributed by atoms with van der Waals surface area (Å²) in [5, 5.41) is 0. The molecule has 1 aliphatic carbocycles. The second-order valence-corrected chi connectivity index (χ2v) is 7.47. The van der Waals surface area contributed by atoms with Crippen molar-refractivity contribution in [2.75, 3.05) is 6.61 Å². The van der Waals surface area contributed by atoms with Gasteiger partial charge in [0, 0.05) is 5.41 Å². The zero-order valence-electron chi connectivity index (χ0n) is 14.2. The van der Waals surface area contributed by atoms with Crippen molar-refractivity contribution >= 4 is 0 Å². The first-order valence-corrected chi connectivity index (χ1v) is 8.38. The molecule has 0 N–H and O–H groups in total. The molecule has 1 aliphatic heterocycles. The van der Waals surface area contributed by atoms with Crippen molar-refractivity contribution in [2.45, 2.75) is 65.1 Å². The third kappa shape index (κ3) is 3.08. The molecule has 4 atom stereocenters. The van der Waals surface area contributed by atoms with Gasteiger partial charge in [-0.2, -0.15) is 0 Å². The fourth-order valence-corrected chi connectivity index (χ4v) is 3.87. The summed E-state index contributed by atoms with van der Waals surface area (Å²) >= 11 is 0. The summed E-state index contributed by atoms with van der Waals surface area (Å²) in [6.45, 7) is 9.91. The Hall–Kier alpha value is -0.900. The average molecular weight is 304 g/mol. The molecule has 3 rings (SSSR count). The summed E-state index contributed by atoms with van der Waals surface area (Å²) < 4.78 is 18.0. The molecule has 1 saturated heterocycles. The van der Waals surface area contributed by atoms with E-state index < -0.39 is 5.79 Å². The highest BCUT2D eigenvalue weighted by Gasteiger charge is 2.54. The molecule has 3 nitrogen and oxygen atoms in total. The minimum absolute atomic E-state index is 0.171. The van der Waals surface area contributed by atoms with Crippen molar-refractivity contribution in [3.8, 4) is 0 Å². The lowest BCUT2D eigenvalue weighted by Gasteiger charge is -2.52. The van der Waals surface area contributed by atoms with Crippen LogP contribution in [0.3, 0.4) is 0 Å². The van der Waals surface area contributed by atoms with Crippen LogP contribution in [0.2, 0.25) is 0 Å². The van der Waals surface area contributed by atoms with E-state index in [1.165, 1.54) is 18.4 Å². The molecule has 0 unspecified atom stereocenters. The molecular weight excluding hydrogens is 276 g/mol. The molecule has 0 radical (unpaired) electrons. The van der Waals surface area contributed by atoms with E-state index in [4.69, 9.17) is 14.2 Å². The number of hydrogen-bond donors (Lipinski definition) is 0. The second kappa shape index (κ2) is 5.95. The van der Waals surface area contributed by atoms with Gasteiger partial charge in [0.05, 0.1) is 25.4 Å². The fraction of sp³-hybridized carbons (Fsp3) is 0.684. The third-order valence-electron chi connectivity index (χ3n) is 5.51. The van der Waals surface area contributed by atoms with Crippen LogP contribution in [0.1, 0.15) is 46.1 Å². The highest BCUT2D eigenvalue weighted by atomic mass is 16.7. The zero-order valence-corrected chi connectivity index (χ0v) is 14.2. The molecule has 1 aromatic carbocycles. The van der Waals surface area contributed by atoms with Gasteiger partial charge in [-0.05, 0) is 45.1 Å². The molecule has 1 saturated carbocycles. The molecule has 0 aromatic heterocycles. The van der Waals surface area contributed by atoms with Gasteiger partial charge < -0.3 is 14.2 Å². The molecule has 0 amide bonds. The molecule has 1 heterocycles. The number of rotatable bonds is 5. The summed E-state index contributed by atoms with van der Waals surface area (Å²) in [7, 11) is 0. The van der Waals surface area contributed by atoms with Gasteiger partial charge in [-0.1, -0.05) is 37.3 Å². The first kappa shape index (κ1) is 16.0. The smallest absolute Gasteiger partial charge is 0.163 e. The van der Waals surface area contributed by atoms with E-state index in [0.29, 0.717) is 19.1 Å². The van der Waals surface area contributed by atoms with Crippen LogP contribution in [0.4, 0.5) is 0 Å². The Bertz CT molecular complexity index is 499. The summed E-state index contributed by atoms with van der Waals surface area (Å²) in [6.07, 6.45) is 2.84. The lowest BCUT2D eigenvalue weighted by Crippen LogP contribution is -2.53. The van der Waals surface area contributed by atoms with Gasteiger partial charge in [0.25, 0.3) is 0 Å². The van der Waals surface area contributed by atoms with Gasteiger partial charge in [-0.15, -0.1) is 0 Å². The Morgan fingerprint density at radius 1 is 1.23 bits per heavy atom. The van der Waals surface area contributed by atoms with Crippen LogP contribution in [0.15, 0.2) is 30.3 Å². The molecule has 3 heteroatoms. The van der Waals surface area contributed by atoms with Crippen LogP contribution in [0, 0.1) is 11.3 Å². The van der Waals surface area contributed by atoms with Crippen molar-refractivity contribution in [1.82, 2.24) is 0 Å². The Morgan fingerprint density at radius 3 is 2.50 bits per heavy atom. The van der Waals surface area contributed by atoms with E-state index in [1.54, 1.807) is 0 Å². The van der Waals surface area contributed by atoms with Gasteiger partial charge in [-0.25, -0.2) is 0 Å². The number of ether oxygens (including phenoxy) is 3. The van der Waals surface area contributed by atoms with E-state index in [9.17, 15) is 0 Å². The minimum Gasteiger partial charge on any atom is -0.374 e. The topological polar surface area (TPSA) is 27.7 Å². The van der Waals surface area contributed by atoms with Crippen molar-refractivity contribution in [1.29, 1.82) is 0 Å².